The van der Waals surface area contributed by atoms with Crippen molar-refractivity contribution in [3.63, 3.8) is 0 Å². The third kappa shape index (κ3) is 4.11. The zero-order valence-corrected chi connectivity index (χ0v) is 10.7. The summed E-state index contributed by atoms with van der Waals surface area (Å²) in [6.07, 6.45) is -0.464. The Labute approximate surface area is 101 Å². The molecule has 1 rings (SSSR count). The van der Waals surface area contributed by atoms with Crippen LogP contribution in [0.3, 0.4) is 0 Å². The van der Waals surface area contributed by atoms with Gasteiger partial charge in [-0.15, -0.1) is 0 Å². The van der Waals surface area contributed by atoms with E-state index in [1.54, 1.807) is 18.2 Å². The fourth-order valence-electron chi connectivity index (χ4n) is 1.14. The van der Waals surface area contributed by atoms with Crippen molar-refractivity contribution in [2.45, 2.75) is 33.3 Å². The Hall–Kier alpha value is -1.22. The number of benzene rings is 1. The van der Waals surface area contributed by atoms with Crippen LogP contribution in [0.1, 0.15) is 26.3 Å². The van der Waals surface area contributed by atoms with E-state index in [4.69, 9.17) is 16.3 Å². The monoisotopic (exact) mass is 241 g/mol. The largest absolute Gasteiger partial charge is 0.444 e. The molecule has 0 radical (unpaired) electrons. The van der Waals surface area contributed by atoms with Crippen molar-refractivity contribution in [1.82, 2.24) is 0 Å². The van der Waals surface area contributed by atoms with Gasteiger partial charge in [-0.2, -0.15) is 0 Å². The Balaban J connectivity index is 2.67. The predicted molar refractivity (Wildman–Crippen MR) is 66.0 cm³/mol. The van der Waals surface area contributed by atoms with Crippen LogP contribution in [-0.4, -0.2) is 11.7 Å². The molecule has 0 saturated carbocycles. The van der Waals surface area contributed by atoms with Gasteiger partial charge in [0.15, 0.2) is 0 Å². The van der Waals surface area contributed by atoms with Crippen LogP contribution in [0.2, 0.25) is 5.02 Å². The van der Waals surface area contributed by atoms with E-state index in [1.807, 2.05) is 27.7 Å². The summed E-state index contributed by atoms with van der Waals surface area (Å²) in [5.41, 5.74) is 1.09. The molecule has 0 spiro atoms. The molecule has 88 valence electrons. The van der Waals surface area contributed by atoms with Gasteiger partial charge in [0.2, 0.25) is 0 Å². The van der Waals surface area contributed by atoms with Crippen molar-refractivity contribution in [2.75, 3.05) is 5.32 Å². The summed E-state index contributed by atoms with van der Waals surface area (Å²) in [5.74, 6) is 0. The van der Waals surface area contributed by atoms with Gasteiger partial charge in [-0.25, -0.2) is 4.79 Å². The van der Waals surface area contributed by atoms with Crippen molar-refractivity contribution >= 4 is 23.4 Å². The van der Waals surface area contributed by atoms with Gasteiger partial charge in [0, 0.05) is 10.7 Å². The molecule has 0 bridgehead atoms. The van der Waals surface area contributed by atoms with Gasteiger partial charge >= 0.3 is 6.09 Å². The van der Waals surface area contributed by atoms with E-state index in [9.17, 15) is 4.79 Å². The quantitative estimate of drug-likeness (QED) is 0.807. The lowest BCUT2D eigenvalue weighted by molar-refractivity contribution is 0.0636. The number of carbonyl (C=O) groups is 1. The number of nitrogens with one attached hydrogen (secondary N) is 1. The highest BCUT2D eigenvalue weighted by atomic mass is 35.5. The second-order valence-corrected chi connectivity index (χ2v) is 5.00. The summed E-state index contributed by atoms with van der Waals surface area (Å²) in [6.45, 7) is 7.33. The van der Waals surface area contributed by atoms with Crippen molar-refractivity contribution < 1.29 is 9.53 Å². The molecule has 1 aromatic carbocycles. The second-order valence-electron chi connectivity index (χ2n) is 4.59. The maximum atomic E-state index is 11.5. The molecule has 16 heavy (non-hydrogen) atoms. The highest BCUT2D eigenvalue weighted by Crippen LogP contribution is 2.20. The molecule has 0 aliphatic heterocycles. The average Bonchev–Trinajstić information content (AvgIpc) is 2.08. The Morgan fingerprint density at radius 2 is 2.00 bits per heavy atom. The number of rotatable bonds is 1. The maximum absolute atomic E-state index is 11.5. The molecule has 0 aromatic heterocycles. The number of amides is 1. The van der Waals surface area contributed by atoms with Crippen LogP contribution >= 0.6 is 11.6 Å². The summed E-state index contributed by atoms with van der Waals surface area (Å²) < 4.78 is 5.13. The number of ether oxygens (including phenoxy) is 1. The van der Waals surface area contributed by atoms with Gasteiger partial charge in [-0.1, -0.05) is 11.6 Å². The molecule has 4 heteroatoms. The molecule has 0 aliphatic rings. The lowest BCUT2D eigenvalue weighted by Crippen LogP contribution is -2.27. The molecular weight excluding hydrogens is 226 g/mol. The van der Waals surface area contributed by atoms with E-state index in [0.29, 0.717) is 10.7 Å². The van der Waals surface area contributed by atoms with Gasteiger partial charge in [0.05, 0.1) is 0 Å². The van der Waals surface area contributed by atoms with Crippen LogP contribution in [0.4, 0.5) is 10.5 Å². The minimum atomic E-state index is -0.494. The van der Waals surface area contributed by atoms with E-state index in [-0.39, 0.29) is 0 Å². The molecule has 0 atom stereocenters. The van der Waals surface area contributed by atoms with E-state index >= 15 is 0 Å². The van der Waals surface area contributed by atoms with Gasteiger partial charge in [0.25, 0.3) is 0 Å². The maximum Gasteiger partial charge on any atom is 0.412 e. The number of anilines is 1. The summed E-state index contributed by atoms with van der Waals surface area (Å²) in [4.78, 5) is 11.5. The summed E-state index contributed by atoms with van der Waals surface area (Å²) >= 11 is 5.88. The van der Waals surface area contributed by atoms with Gasteiger partial charge in [0.1, 0.15) is 5.60 Å². The van der Waals surface area contributed by atoms with E-state index in [2.05, 4.69) is 5.32 Å². The fourth-order valence-corrected chi connectivity index (χ4v) is 1.26. The first-order valence-electron chi connectivity index (χ1n) is 5.04. The first-order valence-corrected chi connectivity index (χ1v) is 5.42. The molecule has 1 N–H and O–H groups in total. The molecule has 0 fully saturated rings. The zero-order chi connectivity index (χ0) is 12.3. The zero-order valence-electron chi connectivity index (χ0n) is 9.93. The number of halogens is 1. The summed E-state index contributed by atoms with van der Waals surface area (Å²) in [6, 6.07) is 5.27. The number of carbonyl (C=O) groups excluding carboxylic acids is 1. The molecule has 1 aromatic rings. The highest BCUT2D eigenvalue weighted by Gasteiger charge is 2.16. The van der Waals surface area contributed by atoms with Crippen LogP contribution in [0.15, 0.2) is 18.2 Å². The van der Waals surface area contributed by atoms with Crippen molar-refractivity contribution in [3.05, 3.63) is 28.8 Å². The highest BCUT2D eigenvalue weighted by molar-refractivity contribution is 6.31. The average molecular weight is 242 g/mol. The lowest BCUT2D eigenvalue weighted by Gasteiger charge is -2.19. The summed E-state index contributed by atoms with van der Waals surface area (Å²) in [5, 5.41) is 3.32. The van der Waals surface area contributed by atoms with Crippen molar-refractivity contribution in [1.29, 1.82) is 0 Å². The Bertz CT molecular complexity index is 396. The van der Waals surface area contributed by atoms with Gasteiger partial charge in [-0.05, 0) is 51.5 Å². The third-order valence-electron chi connectivity index (χ3n) is 1.80. The standard InChI is InChI=1S/C12H16ClNO2/c1-8-7-9(5-6-10(8)13)14-11(15)16-12(2,3)4/h5-7H,1-4H3,(H,14,15). The van der Waals surface area contributed by atoms with Gasteiger partial charge in [-0.3, -0.25) is 5.32 Å². The first kappa shape index (κ1) is 12.8. The third-order valence-corrected chi connectivity index (χ3v) is 2.23. The van der Waals surface area contributed by atoms with E-state index < -0.39 is 11.7 Å². The Morgan fingerprint density at radius 1 is 1.38 bits per heavy atom. The van der Waals surface area contributed by atoms with Crippen LogP contribution in [-0.2, 0) is 4.74 Å². The number of aryl methyl sites for hydroxylation is 1. The second kappa shape index (κ2) is 4.74. The molecule has 0 unspecified atom stereocenters. The van der Waals surface area contributed by atoms with E-state index in [0.717, 1.165) is 5.56 Å². The molecule has 0 aliphatic carbocycles. The smallest absolute Gasteiger partial charge is 0.412 e. The topological polar surface area (TPSA) is 38.3 Å². The van der Waals surface area contributed by atoms with Crippen LogP contribution in [0.5, 0.6) is 0 Å². The van der Waals surface area contributed by atoms with Gasteiger partial charge < -0.3 is 4.74 Å². The molecule has 1 amide bonds. The van der Waals surface area contributed by atoms with E-state index in [1.165, 1.54) is 0 Å². The van der Waals surface area contributed by atoms with Crippen LogP contribution in [0, 0.1) is 6.92 Å². The molecule has 0 saturated heterocycles. The number of hydrogen-bond donors (Lipinski definition) is 1. The molecule has 0 heterocycles. The van der Waals surface area contributed by atoms with Crippen LogP contribution < -0.4 is 5.32 Å². The lowest BCUT2D eigenvalue weighted by atomic mass is 10.2. The van der Waals surface area contributed by atoms with Crippen molar-refractivity contribution in [3.8, 4) is 0 Å². The number of hydrogen-bond acceptors (Lipinski definition) is 2. The fraction of sp³-hybridized carbons (Fsp3) is 0.417. The normalized spacial score (nSPS) is 11.1. The molecule has 3 nitrogen and oxygen atoms in total. The molecular formula is C12H16ClNO2. The Morgan fingerprint density at radius 3 is 2.50 bits per heavy atom. The Kier molecular flexibility index (Phi) is 3.81. The van der Waals surface area contributed by atoms with Crippen molar-refractivity contribution in [2.24, 2.45) is 0 Å². The summed E-state index contributed by atoms with van der Waals surface area (Å²) in [7, 11) is 0. The first-order chi connectivity index (χ1) is 7.28. The minimum absolute atomic E-state index is 0.464. The SMILES string of the molecule is Cc1cc(NC(=O)OC(C)(C)C)ccc1Cl. The predicted octanol–water partition coefficient (Wildman–Crippen LogP) is 4.00. The minimum Gasteiger partial charge on any atom is -0.444 e. The van der Waals surface area contributed by atoms with Crippen LogP contribution in [0.25, 0.3) is 0 Å².